The van der Waals surface area contributed by atoms with Crippen molar-refractivity contribution in [3.05, 3.63) is 381 Å². The van der Waals surface area contributed by atoms with Gasteiger partial charge in [-0.2, -0.15) is 9.97 Å². The Morgan fingerprint density at radius 1 is 0.219 bits per heavy atom. The van der Waals surface area contributed by atoms with Crippen LogP contribution in [0.15, 0.2) is 376 Å². The van der Waals surface area contributed by atoms with E-state index in [0.29, 0.717) is 29.1 Å². The van der Waals surface area contributed by atoms with E-state index in [9.17, 15) is 0 Å². The first-order valence-corrected chi connectivity index (χ1v) is 39.0. The van der Waals surface area contributed by atoms with Crippen LogP contribution in [0.25, 0.3) is 190 Å². The summed E-state index contributed by atoms with van der Waals surface area (Å²) in [5, 5.41) is 5.37. The van der Waals surface area contributed by atoms with Gasteiger partial charge in [0.25, 0.3) is 0 Å². The predicted molar refractivity (Wildman–Crippen MR) is 470 cm³/mol. The fourth-order valence-corrected chi connectivity index (χ4v) is 16.5. The van der Waals surface area contributed by atoms with E-state index in [4.69, 9.17) is 35.9 Å². The van der Waals surface area contributed by atoms with Crippen LogP contribution >= 0.6 is 11.6 Å². The van der Waals surface area contributed by atoms with Crippen molar-refractivity contribution in [1.29, 1.82) is 0 Å². The van der Waals surface area contributed by atoms with E-state index in [-0.39, 0.29) is 5.28 Å². The van der Waals surface area contributed by atoms with Gasteiger partial charge in [0.2, 0.25) is 5.28 Å². The van der Waals surface area contributed by atoms with Crippen LogP contribution in [0, 0.1) is 0 Å². The molecule has 0 amide bonds. The topological polar surface area (TPSA) is 95.8 Å². The largest absolute Gasteiger partial charge is 0.494 e. The molecule has 0 saturated carbocycles. The molecule has 3 heterocycles. The first kappa shape index (κ1) is 70.7. The summed E-state index contributed by atoms with van der Waals surface area (Å²) in [6.45, 7) is 8.43. The minimum Gasteiger partial charge on any atom is -0.399 e. The third kappa shape index (κ3) is 13.2. The average Bonchev–Trinajstić information content (AvgIpc) is 1.55. The first-order valence-electron chi connectivity index (χ1n) is 38.6. The molecule has 0 unspecified atom stereocenters. The maximum absolute atomic E-state index is 6.48. The molecule has 10 heteroatoms. The molecule has 0 bridgehead atoms. The van der Waals surface area contributed by atoms with Crippen LogP contribution in [0.5, 0.6) is 0 Å². The van der Waals surface area contributed by atoms with E-state index in [1.54, 1.807) is 0 Å². The van der Waals surface area contributed by atoms with Gasteiger partial charge < -0.3 is 9.31 Å². The molecule has 2 aromatic heterocycles. The number of halogens is 1. The highest BCUT2D eigenvalue weighted by Gasteiger charge is 2.52. The van der Waals surface area contributed by atoms with Crippen LogP contribution in [0.4, 0.5) is 0 Å². The van der Waals surface area contributed by atoms with Crippen molar-refractivity contribution in [1.82, 2.24) is 29.9 Å². The Labute approximate surface area is 669 Å². The maximum Gasteiger partial charge on any atom is 0.494 e. The van der Waals surface area contributed by atoms with Crippen LogP contribution in [-0.2, 0) is 9.31 Å². The lowest BCUT2D eigenvalue weighted by Crippen LogP contribution is -2.41. The van der Waals surface area contributed by atoms with E-state index in [1.807, 2.05) is 121 Å². The second-order valence-corrected chi connectivity index (χ2v) is 30.2. The summed E-state index contributed by atoms with van der Waals surface area (Å²) in [5.74, 6) is 3.10. The Bertz CT molecular complexity index is 6520. The van der Waals surface area contributed by atoms with E-state index in [1.165, 1.54) is 116 Å². The van der Waals surface area contributed by atoms with Crippen LogP contribution in [0.2, 0.25) is 5.28 Å². The summed E-state index contributed by atoms with van der Waals surface area (Å²) in [7, 11) is -0.425. The molecule has 2 aliphatic carbocycles. The molecule has 1 aliphatic heterocycles. The Balaban J connectivity index is 0.000000126. The lowest BCUT2D eigenvalue weighted by molar-refractivity contribution is 0.00578. The molecule has 542 valence electrons. The van der Waals surface area contributed by atoms with Gasteiger partial charge in [0.05, 0.1) is 11.2 Å². The minimum absolute atomic E-state index is 0.202. The molecule has 18 aromatic rings. The molecule has 0 N–H and O–H groups in total. The summed E-state index contributed by atoms with van der Waals surface area (Å²) in [6, 6.07) is 132. The molecule has 0 atom stereocenters. The van der Waals surface area contributed by atoms with Gasteiger partial charge >= 0.3 is 7.12 Å². The van der Waals surface area contributed by atoms with E-state index >= 15 is 0 Å². The van der Waals surface area contributed by atoms with E-state index in [2.05, 4.69) is 297 Å². The molecule has 0 radical (unpaired) electrons. The number of benzene rings is 16. The monoisotopic (exact) mass is 1480 g/mol. The highest BCUT2D eigenvalue weighted by Crippen LogP contribution is 2.59. The molecule has 1 fully saturated rings. The highest BCUT2D eigenvalue weighted by atomic mass is 35.5. The Kier molecular flexibility index (Phi) is 18.5. The van der Waals surface area contributed by atoms with Crippen LogP contribution in [-0.4, -0.2) is 48.2 Å². The van der Waals surface area contributed by atoms with Gasteiger partial charge in [-0.3, -0.25) is 0 Å². The number of aromatic nitrogens is 6. The molecular formula is C104H74BClN6O2. The van der Waals surface area contributed by atoms with Crippen molar-refractivity contribution >= 4 is 45.7 Å². The van der Waals surface area contributed by atoms with Crippen molar-refractivity contribution in [2.45, 2.75) is 38.9 Å². The van der Waals surface area contributed by atoms with Crippen LogP contribution in [0.3, 0.4) is 0 Å². The van der Waals surface area contributed by atoms with E-state index < -0.39 is 18.3 Å². The van der Waals surface area contributed by atoms with Crippen molar-refractivity contribution in [3.63, 3.8) is 0 Å². The SMILES string of the molecule is CC1(C)OB(c2cccc(-c3cc(-c4ccccc4)c4c(c3-c3ccccc3)-c3cccc5cccc-4c35)c2)OC1(C)C.Clc1nc(-c2ccccc2)nc(-c2ccccc2)n1.c1ccc(-c2nc(-c3ccccc3)nc(-c3cccc(-c4cc(-c5ccccc5)c5c(c4-c4ccccc4)-c4cccc6cccc-5c46)c3)n2)cc1. The molecule has 8 nitrogen and oxygen atoms in total. The van der Waals surface area contributed by atoms with Crippen LogP contribution < -0.4 is 5.46 Å². The third-order valence-electron chi connectivity index (χ3n) is 22.4. The van der Waals surface area contributed by atoms with Crippen molar-refractivity contribution in [2.75, 3.05) is 0 Å². The zero-order valence-electron chi connectivity index (χ0n) is 63.3. The van der Waals surface area contributed by atoms with Gasteiger partial charge in [-0.25, -0.2) is 19.9 Å². The molecule has 1 saturated heterocycles. The number of hydrogen-bond donors (Lipinski definition) is 0. The maximum atomic E-state index is 6.48. The van der Waals surface area contributed by atoms with Crippen molar-refractivity contribution in [3.8, 4) is 168 Å². The fraction of sp³-hybridized carbons (Fsp3) is 0.0577. The Morgan fingerprint density at radius 3 is 0.842 bits per heavy atom. The first-order chi connectivity index (χ1) is 55.9. The third-order valence-corrected chi connectivity index (χ3v) is 22.5. The van der Waals surface area contributed by atoms with Crippen molar-refractivity contribution in [2.24, 2.45) is 0 Å². The zero-order valence-corrected chi connectivity index (χ0v) is 64.0. The number of nitrogens with zero attached hydrogens (tertiary/aromatic N) is 6. The van der Waals surface area contributed by atoms with Crippen LogP contribution in [0.1, 0.15) is 27.7 Å². The Hall–Kier alpha value is -13.7. The van der Waals surface area contributed by atoms with Gasteiger partial charge in [0, 0.05) is 27.8 Å². The predicted octanol–water partition coefficient (Wildman–Crippen LogP) is 26.3. The molecule has 16 aromatic carbocycles. The van der Waals surface area contributed by atoms with E-state index in [0.717, 1.165) is 50.0 Å². The second-order valence-electron chi connectivity index (χ2n) is 29.9. The van der Waals surface area contributed by atoms with Crippen molar-refractivity contribution < 1.29 is 9.31 Å². The summed E-state index contributed by atoms with van der Waals surface area (Å²) >= 11 is 5.99. The van der Waals surface area contributed by atoms with Gasteiger partial charge in [0.1, 0.15) is 0 Å². The number of fused-ring (bicyclic) bond motifs is 6. The van der Waals surface area contributed by atoms with Gasteiger partial charge in [0.15, 0.2) is 29.1 Å². The second kappa shape index (κ2) is 29.9. The normalized spacial score (nSPS) is 13.0. The molecule has 3 aliphatic rings. The van der Waals surface area contributed by atoms with Gasteiger partial charge in [-0.15, -0.1) is 0 Å². The summed E-state index contributed by atoms with van der Waals surface area (Å²) in [6.07, 6.45) is 0. The summed E-state index contributed by atoms with van der Waals surface area (Å²) in [5.41, 5.74) is 29.6. The van der Waals surface area contributed by atoms with Gasteiger partial charge in [-0.05, 0) is 196 Å². The quantitative estimate of drug-likeness (QED) is 0.112. The fourth-order valence-electron chi connectivity index (χ4n) is 16.3. The molecular weight excluding hydrogens is 1410 g/mol. The zero-order chi connectivity index (χ0) is 76.9. The number of rotatable bonds is 12. The number of hydrogen-bond acceptors (Lipinski definition) is 8. The summed E-state index contributed by atoms with van der Waals surface area (Å²) in [4.78, 5) is 27.9. The molecule has 0 spiro atoms. The lowest BCUT2D eigenvalue weighted by Gasteiger charge is -2.32. The van der Waals surface area contributed by atoms with Gasteiger partial charge in [-0.1, -0.05) is 358 Å². The minimum atomic E-state index is -0.425. The lowest BCUT2D eigenvalue weighted by atomic mass is 9.76. The highest BCUT2D eigenvalue weighted by molar-refractivity contribution is 6.62. The average molecular weight is 1490 g/mol. The molecule has 114 heavy (non-hydrogen) atoms. The smallest absolute Gasteiger partial charge is 0.399 e. The standard InChI is InChI=1S/C49H31N3.C40H33BO2.C15H10ClN3/c1-5-16-32(17-6-1)41-31-42(44(34-18-7-2-8-19-34)46-40-29-15-25-33-24-14-28-39(43(33)40)45(41)46)37-26-13-27-38(30-37)49-51-47(35-20-9-3-10-21-35)50-48(52-49)36-22-11-4-12-23-36;1-39(2)40(3,4)43-41(42-39)30-21-11-20-29(24-30)34-25-33(26-14-7-5-8-15-26)37-31-22-12-18-27-19-13-23-32(35(27)31)38(37)36(34)28-16-9-6-10-17-28;16-15-18-13(11-7-3-1-4-8-11)17-14(19-15)12-9-5-2-6-10-12/h1-31H;5-25H,1-4H3;1-10H. The summed E-state index contributed by atoms with van der Waals surface area (Å²) < 4.78 is 13.0. The Morgan fingerprint density at radius 2 is 0.482 bits per heavy atom. The molecule has 21 rings (SSSR count).